The number of nitrogens with zero attached hydrogens (tertiary/aromatic N) is 1. The zero-order valence-corrected chi connectivity index (χ0v) is 15.6. The molecule has 2 heterocycles. The van der Waals surface area contributed by atoms with Gasteiger partial charge in [-0.2, -0.15) is 0 Å². The van der Waals surface area contributed by atoms with Crippen LogP contribution in [0.2, 0.25) is 0 Å². The van der Waals surface area contributed by atoms with E-state index >= 15 is 0 Å². The van der Waals surface area contributed by atoms with Crippen molar-refractivity contribution in [2.45, 2.75) is 19.4 Å². The van der Waals surface area contributed by atoms with Crippen LogP contribution in [0.5, 0.6) is 5.75 Å². The fraction of sp³-hybridized carbons (Fsp3) is 0.217. The van der Waals surface area contributed by atoms with Gasteiger partial charge in [0, 0.05) is 24.6 Å². The van der Waals surface area contributed by atoms with E-state index in [1.54, 1.807) is 17.9 Å². The predicted molar refractivity (Wildman–Crippen MR) is 107 cm³/mol. The number of aryl methyl sites for hydroxylation is 1. The Morgan fingerprint density at radius 3 is 2.46 bits per heavy atom. The van der Waals surface area contributed by atoms with Gasteiger partial charge in [-0.15, -0.1) is 0 Å². The average Bonchev–Trinajstić information content (AvgIpc) is 3.16. The molecule has 4 rings (SSSR count). The first kappa shape index (κ1) is 18.0. The molecule has 1 unspecified atom stereocenters. The Balaban J connectivity index is 1.41. The second-order valence-electron chi connectivity index (χ2n) is 6.95. The lowest BCUT2D eigenvalue weighted by Gasteiger charge is -2.17. The Bertz CT molecular complexity index is 1020. The zero-order valence-electron chi connectivity index (χ0n) is 15.6. The molecule has 5 heteroatoms. The summed E-state index contributed by atoms with van der Waals surface area (Å²) in [4.78, 5) is 26.1. The number of hydrogen-bond acceptors (Lipinski definition) is 4. The number of ether oxygens (including phenoxy) is 1. The second kappa shape index (κ2) is 7.72. The average molecular weight is 375 g/mol. The number of carbonyl (C=O) groups excluding carboxylic acids is 1. The summed E-state index contributed by atoms with van der Waals surface area (Å²) in [6.45, 7) is 2.83. The van der Waals surface area contributed by atoms with Crippen molar-refractivity contribution in [2.75, 3.05) is 13.1 Å². The van der Waals surface area contributed by atoms with E-state index in [0.29, 0.717) is 30.2 Å². The topological polar surface area (TPSA) is 59.8 Å². The number of likely N-dealkylation sites (tertiary alicyclic amines) is 1. The number of carbonyl (C=O) groups is 1. The molecule has 0 aliphatic carbocycles. The van der Waals surface area contributed by atoms with Gasteiger partial charge in [-0.25, -0.2) is 4.79 Å². The molecule has 1 aromatic heterocycles. The summed E-state index contributed by atoms with van der Waals surface area (Å²) in [7, 11) is 0. The van der Waals surface area contributed by atoms with Crippen molar-refractivity contribution in [1.29, 1.82) is 0 Å². The van der Waals surface area contributed by atoms with Gasteiger partial charge in [0.1, 0.15) is 17.6 Å². The van der Waals surface area contributed by atoms with E-state index in [4.69, 9.17) is 9.15 Å². The molecule has 2 aromatic carbocycles. The van der Waals surface area contributed by atoms with Crippen molar-refractivity contribution >= 4 is 5.91 Å². The first-order valence-corrected chi connectivity index (χ1v) is 9.32. The van der Waals surface area contributed by atoms with Crippen LogP contribution in [0.25, 0.3) is 11.1 Å². The van der Waals surface area contributed by atoms with Crippen LogP contribution in [-0.4, -0.2) is 30.0 Å². The van der Waals surface area contributed by atoms with Crippen LogP contribution in [0.3, 0.4) is 0 Å². The second-order valence-corrected chi connectivity index (χ2v) is 6.95. The SMILES string of the molecule is Cc1cc(OC2CCN(C(=O)c3ccc(-c4ccccc4)cc3)C2)cc(=O)o1. The van der Waals surface area contributed by atoms with Gasteiger partial charge in [0.15, 0.2) is 0 Å². The summed E-state index contributed by atoms with van der Waals surface area (Å²) in [6.07, 6.45) is 0.598. The van der Waals surface area contributed by atoms with Crippen molar-refractivity contribution in [3.05, 3.63) is 88.5 Å². The largest absolute Gasteiger partial charge is 0.488 e. The van der Waals surface area contributed by atoms with Crippen molar-refractivity contribution in [3.8, 4) is 16.9 Å². The van der Waals surface area contributed by atoms with Crippen LogP contribution in [0, 0.1) is 6.92 Å². The Morgan fingerprint density at radius 2 is 1.75 bits per heavy atom. The Morgan fingerprint density at radius 1 is 1.04 bits per heavy atom. The quantitative estimate of drug-likeness (QED) is 0.694. The van der Waals surface area contributed by atoms with E-state index in [0.717, 1.165) is 17.5 Å². The molecule has 1 aliphatic rings. The van der Waals surface area contributed by atoms with E-state index < -0.39 is 5.63 Å². The monoisotopic (exact) mass is 375 g/mol. The van der Waals surface area contributed by atoms with Crippen LogP contribution in [0.15, 0.2) is 75.9 Å². The van der Waals surface area contributed by atoms with Gasteiger partial charge in [-0.1, -0.05) is 42.5 Å². The Kier molecular flexibility index (Phi) is 4.98. The minimum atomic E-state index is -0.431. The summed E-state index contributed by atoms with van der Waals surface area (Å²) in [6, 6.07) is 20.8. The molecular formula is C23H21NO4. The molecular weight excluding hydrogens is 354 g/mol. The fourth-order valence-electron chi connectivity index (χ4n) is 3.46. The van der Waals surface area contributed by atoms with Crippen LogP contribution >= 0.6 is 0 Å². The Hall–Kier alpha value is -3.34. The van der Waals surface area contributed by atoms with E-state index in [2.05, 4.69) is 0 Å². The molecule has 1 amide bonds. The fourth-order valence-corrected chi connectivity index (χ4v) is 3.46. The number of benzene rings is 2. The maximum atomic E-state index is 12.8. The highest BCUT2D eigenvalue weighted by molar-refractivity contribution is 5.95. The maximum Gasteiger partial charge on any atom is 0.339 e. The number of hydrogen-bond donors (Lipinski definition) is 0. The van der Waals surface area contributed by atoms with Crippen LogP contribution in [0.4, 0.5) is 0 Å². The van der Waals surface area contributed by atoms with Gasteiger partial charge < -0.3 is 14.1 Å². The molecule has 0 spiro atoms. The first-order valence-electron chi connectivity index (χ1n) is 9.32. The molecule has 1 fully saturated rings. The van der Waals surface area contributed by atoms with Crippen LogP contribution < -0.4 is 10.4 Å². The van der Waals surface area contributed by atoms with E-state index in [1.807, 2.05) is 54.6 Å². The molecule has 5 nitrogen and oxygen atoms in total. The van der Waals surface area contributed by atoms with Gasteiger partial charge in [0.05, 0.1) is 12.6 Å². The smallest absolute Gasteiger partial charge is 0.339 e. The molecule has 0 saturated carbocycles. The summed E-state index contributed by atoms with van der Waals surface area (Å²) in [5.74, 6) is 0.988. The number of rotatable bonds is 4. The van der Waals surface area contributed by atoms with Crippen molar-refractivity contribution in [3.63, 3.8) is 0 Å². The van der Waals surface area contributed by atoms with Gasteiger partial charge in [-0.3, -0.25) is 4.79 Å². The van der Waals surface area contributed by atoms with Crippen LogP contribution in [0.1, 0.15) is 22.5 Å². The molecule has 1 saturated heterocycles. The molecule has 3 aromatic rings. The van der Waals surface area contributed by atoms with Crippen LogP contribution in [-0.2, 0) is 0 Å². The third kappa shape index (κ3) is 3.98. The lowest BCUT2D eigenvalue weighted by Crippen LogP contribution is -2.31. The van der Waals surface area contributed by atoms with Gasteiger partial charge in [0.25, 0.3) is 5.91 Å². The molecule has 28 heavy (non-hydrogen) atoms. The van der Waals surface area contributed by atoms with Gasteiger partial charge in [-0.05, 0) is 30.2 Å². The molecule has 1 atom stereocenters. The summed E-state index contributed by atoms with van der Waals surface area (Å²) in [5.41, 5.74) is 2.44. The highest BCUT2D eigenvalue weighted by Crippen LogP contribution is 2.22. The van der Waals surface area contributed by atoms with Crippen molar-refractivity contribution in [2.24, 2.45) is 0 Å². The molecule has 0 N–H and O–H groups in total. The summed E-state index contributed by atoms with van der Waals surface area (Å²) in [5, 5.41) is 0. The summed E-state index contributed by atoms with van der Waals surface area (Å²) >= 11 is 0. The molecule has 0 radical (unpaired) electrons. The van der Waals surface area contributed by atoms with E-state index in [9.17, 15) is 9.59 Å². The zero-order chi connectivity index (χ0) is 19.5. The standard InChI is InChI=1S/C23H21NO4/c1-16-13-21(14-22(25)27-16)28-20-11-12-24(15-20)23(26)19-9-7-18(8-10-19)17-5-3-2-4-6-17/h2-10,13-14,20H,11-12,15H2,1H3. The van der Waals surface area contributed by atoms with E-state index in [-0.39, 0.29) is 12.0 Å². The maximum absolute atomic E-state index is 12.8. The lowest BCUT2D eigenvalue weighted by molar-refractivity contribution is 0.0772. The van der Waals surface area contributed by atoms with Crippen molar-refractivity contribution in [1.82, 2.24) is 4.90 Å². The lowest BCUT2D eigenvalue weighted by atomic mass is 10.0. The molecule has 142 valence electrons. The normalized spacial score (nSPS) is 16.2. The predicted octanol–water partition coefficient (Wildman–Crippen LogP) is 3.91. The first-order chi connectivity index (χ1) is 13.6. The summed E-state index contributed by atoms with van der Waals surface area (Å²) < 4.78 is 10.8. The highest BCUT2D eigenvalue weighted by Gasteiger charge is 2.28. The molecule has 0 bridgehead atoms. The third-order valence-electron chi connectivity index (χ3n) is 4.84. The number of amides is 1. The highest BCUT2D eigenvalue weighted by atomic mass is 16.5. The van der Waals surface area contributed by atoms with Crippen molar-refractivity contribution < 1.29 is 13.9 Å². The molecule has 1 aliphatic heterocycles. The van der Waals surface area contributed by atoms with Gasteiger partial charge >= 0.3 is 5.63 Å². The minimum absolute atomic E-state index is 0.00512. The van der Waals surface area contributed by atoms with Gasteiger partial charge in [0.2, 0.25) is 0 Å². The third-order valence-corrected chi connectivity index (χ3v) is 4.84. The minimum Gasteiger partial charge on any atom is -0.488 e. The van der Waals surface area contributed by atoms with E-state index in [1.165, 1.54) is 6.07 Å². The Labute approximate surface area is 163 Å².